The van der Waals surface area contributed by atoms with E-state index < -0.39 is 17.5 Å². The first-order valence-electron chi connectivity index (χ1n) is 9.22. The van der Waals surface area contributed by atoms with Gasteiger partial charge in [0.15, 0.2) is 0 Å². The predicted octanol–water partition coefficient (Wildman–Crippen LogP) is 2.78. The van der Waals surface area contributed by atoms with Gasteiger partial charge in [-0.25, -0.2) is 4.79 Å². The van der Waals surface area contributed by atoms with Crippen molar-refractivity contribution >= 4 is 23.5 Å². The molecule has 0 aromatic heterocycles. The minimum Gasteiger partial charge on any atom is -0.493 e. The zero-order valence-electron chi connectivity index (χ0n) is 15.5. The highest BCUT2D eigenvalue weighted by atomic mass is 16.5. The molecule has 0 bridgehead atoms. The molecular formula is C21H21N3O4. The summed E-state index contributed by atoms with van der Waals surface area (Å²) in [5.74, 6) is 0.726. The van der Waals surface area contributed by atoms with Gasteiger partial charge >= 0.3 is 6.03 Å². The Balaban J connectivity index is 1.44. The Morgan fingerprint density at radius 3 is 2.57 bits per heavy atom. The minimum absolute atomic E-state index is 0.268. The van der Waals surface area contributed by atoms with Crippen LogP contribution in [-0.2, 0) is 10.3 Å². The number of amides is 4. The molecule has 1 aliphatic heterocycles. The second-order valence-corrected chi connectivity index (χ2v) is 7.35. The molecule has 0 spiro atoms. The van der Waals surface area contributed by atoms with Crippen LogP contribution in [0.4, 0.5) is 10.5 Å². The molecule has 7 nitrogen and oxygen atoms in total. The fourth-order valence-corrected chi connectivity index (χ4v) is 3.06. The number of rotatable bonds is 6. The molecule has 1 atom stereocenters. The van der Waals surface area contributed by atoms with Gasteiger partial charge in [0.1, 0.15) is 11.3 Å². The smallest absolute Gasteiger partial charge is 0.322 e. The summed E-state index contributed by atoms with van der Waals surface area (Å²) in [6, 6.07) is 13.3. The third-order valence-corrected chi connectivity index (χ3v) is 5.04. The fraction of sp³-hybridized carbons (Fsp3) is 0.286. The first-order chi connectivity index (χ1) is 13.4. The molecule has 1 unspecified atom stereocenters. The largest absolute Gasteiger partial charge is 0.493 e. The van der Waals surface area contributed by atoms with Crippen molar-refractivity contribution in [1.82, 2.24) is 10.6 Å². The van der Waals surface area contributed by atoms with E-state index in [0.717, 1.165) is 12.4 Å². The quantitative estimate of drug-likeness (QED) is 0.673. The normalized spacial score (nSPS) is 21.0. The molecule has 144 valence electrons. The monoisotopic (exact) mass is 379 g/mol. The summed E-state index contributed by atoms with van der Waals surface area (Å²) in [5.41, 5.74) is 0.449. The number of hydrogen-bond donors (Lipinski definition) is 3. The lowest BCUT2D eigenvalue weighted by Crippen LogP contribution is -2.40. The first-order valence-corrected chi connectivity index (χ1v) is 9.22. The van der Waals surface area contributed by atoms with Gasteiger partial charge in [-0.15, -0.1) is 0 Å². The Kier molecular flexibility index (Phi) is 4.50. The number of carbonyl (C=O) groups excluding carboxylic acids is 3. The molecular weight excluding hydrogens is 358 g/mol. The predicted molar refractivity (Wildman–Crippen MR) is 103 cm³/mol. The maximum Gasteiger partial charge on any atom is 0.322 e. The van der Waals surface area contributed by atoms with E-state index >= 15 is 0 Å². The van der Waals surface area contributed by atoms with Gasteiger partial charge in [-0.2, -0.15) is 0 Å². The number of hydrogen-bond acceptors (Lipinski definition) is 4. The average Bonchev–Trinajstić information content (AvgIpc) is 3.46. The maximum atomic E-state index is 12.5. The van der Waals surface area contributed by atoms with Crippen molar-refractivity contribution in [1.29, 1.82) is 0 Å². The van der Waals surface area contributed by atoms with Crippen LogP contribution in [0.5, 0.6) is 5.75 Å². The summed E-state index contributed by atoms with van der Waals surface area (Å²) < 4.78 is 5.68. The van der Waals surface area contributed by atoms with Crippen LogP contribution in [0, 0.1) is 5.92 Å². The highest BCUT2D eigenvalue weighted by Gasteiger charge is 2.43. The number of imide groups is 1. The Morgan fingerprint density at radius 2 is 1.93 bits per heavy atom. The molecule has 2 aromatic rings. The van der Waals surface area contributed by atoms with Crippen LogP contribution in [-0.4, -0.2) is 24.5 Å². The molecule has 1 saturated carbocycles. The van der Waals surface area contributed by atoms with Crippen molar-refractivity contribution in [2.75, 3.05) is 11.9 Å². The standard InChI is InChI=1S/C21H21N3O4/c1-21(19(26)23-20(27)24-21)15-3-2-4-16(11-15)22-18(25)14-7-9-17(10-8-14)28-12-13-5-6-13/h2-4,7-11,13H,5-6,12H2,1H3,(H,22,25)(H2,23,24,26,27). The van der Waals surface area contributed by atoms with Crippen LogP contribution in [0.1, 0.15) is 35.7 Å². The number of ether oxygens (including phenoxy) is 1. The van der Waals surface area contributed by atoms with E-state index in [1.165, 1.54) is 12.8 Å². The summed E-state index contributed by atoms with van der Waals surface area (Å²) in [6.07, 6.45) is 2.45. The minimum atomic E-state index is -1.17. The van der Waals surface area contributed by atoms with Crippen LogP contribution in [0.15, 0.2) is 48.5 Å². The van der Waals surface area contributed by atoms with Crippen molar-refractivity contribution in [3.05, 3.63) is 59.7 Å². The Hall–Kier alpha value is -3.35. The Labute approximate surface area is 162 Å². The molecule has 1 aliphatic carbocycles. The summed E-state index contributed by atoms with van der Waals surface area (Å²) >= 11 is 0. The molecule has 1 saturated heterocycles. The molecule has 2 fully saturated rings. The van der Waals surface area contributed by atoms with E-state index in [-0.39, 0.29) is 5.91 Å². The zero-order chi connectivity index (χ0) is 19.7. The number of nitrogens with one attached hydrogen (secondary N) is 3. The molecule has 1 heterocycles. The second kappa shape index (κ2) is 6.99. The molecule has 4 amide bonds. The van der Waals surface area contributed by atoms with Gasteiger partial charge in [0.05, 0.1) is 6.61 Å². The molecule has 0 radical (unpaired) electrons. The lowest BCUT2D eigenvalue weighted by Gasteiger charge is -2.21. The molecule has 2 aliphatic rings. The number of anilines is 1. The van der Waals surface area contributed by atoms with E-state index in [0.29, 0.717) is 22.7 Å². The Morgan fingerprint density at radius 1 is 1.18 bits per heavy atom. The fourth-order valence-electron chi connectivity index (χ4n) is 3.06. The molecule has 4 rings (SSSR count). The molecule has 7 heteroatoms. The highest BCUT2D eigenvalue weighted by molar-refractivity contribution is 6.07. The topological polar surface area (TPSA) is 96.5 Å². The maximum absolute atomic E-state index is 12.5. The SMILES string of the molecule is CC1(c2cccc(NC(=O)c3ccc(OCC4CC4)cc3)c2)NC(=O)NC1=O. The summed E-state index contributed by atoms with van der Waals surface area (Å²) in [6.45, 7) is 2.34. The van der Waals surface area contributed by atoms with Crippen LogP contribution in [0.25, 0.3) is 0 Å². The third-order valence-electron chi connectivity index (χ3n) is 5.04. The van der Waals surface area contributed by atoms with Gasteiger partial charge in [0.2, 0.25) is 0 Å². The van der Waals surface area contributed by atoms with E-state index in [9.17, 15) is 14.4 Å². The van der Waals surface area contributed by atoms with Crippen LogP contribution < -0.4 is 20.7 Å². The lowest BCUT2D eigenvalue weighted by atomic mass is 9.92. The van der Waals surface area contributed by atoms with E-state index in [1.54, 1.807) is 55.5 Å². The lowest BCUT2D eigenvalue weighted by molar-refractivity contribution is -0.123. The van der Waals surface area contributed by atoms with Gasteiger partial charge in [0.25, 0.3) is 11.8 Å². The van der Waals surface area contributed by atoms with Crippen LogP contribution >= 0.6 is 0 Å². The van der Waals surface area contributed by atoms with Crippen molar-refractivity contribution < 1.29 is 19.1 Å². The van der Waals surface area contributed by atoms with Crippen LogP contribution in [0.3, 0.4) is 0 Å². The van der Waals surface area contributed by atoms with E-state index in [1.807, 2.05) is 0 Å². The van der Waals surface area contributed by atoms with Crippen molar-refractivity contribution in [2.45, 2.75) is 25.3 Å². The number of carbonyl (C=O) groups is 3. The summed E-state index contributed by atoms with van der Waals surface area (Å²) in [5, 5.41) is 7.66. The van der Waals surface area contributed by atoms with E-state index in [2.05, 4.69) is 16.0 Å². The summed E-state index contributed by atoms with van der Waals surface area (Å²) in [4.78, 5) is 36.1. The van der Waals surface area contributed by atoms with Crippen molar-refractivity contribution in [2.24, 2.45) is 5.92 Å². The molecule has 3 N–H and O–H groups in total. The summed E-state index contributed by atoms with van der Waals surface area (Å²) in [7, 11) is 0. The van der Waals surface area contributed by atoms with Gasteiger partial charge in [0, 0.05) is 11.3 Å². The third kappa shape index (κ3) is 3.69. The van der Waals surface area contributed by atoms with E-state index in [4.69, 9.17) is 4.74 Å². The molecule has 28 heavy (non-hydrogen) atoms. The van der Waals surface area contributed by atoms with Crippen molar-refractivity contribution in [3.63, 3.8) is 0 Å². The molecule has 2 aromatic carbocycles. The Bertz CT molecular complexity index is 937. The van der Waals surface area contributed by atoms with Gasteiger partial charge in [-0.1, -0.05) is 12.1 Å². The number of benzene rings is 2. The first kappa shape index (κ1) is 18.0. The van der Waals surface area contributed by atoms with Gasteiger partial charge in [-0.05, 0) is 67.6 Å². The second-order valence-electron chi connectivity index (χ2n) is 7.35. The van der Waals surface area contributed by atoms with Gasteiger partial charge < -0.3 is 15.4 Å². The van der Waals surface area contributed by atoms with Crippen molar-refractivity contribution in [3.8, 4) is 5.75 Å². The highest BCUT2D eigenvalue weighted by Crippen LogP contribution is 2.30. The van der Waals surface area contributed by atoms with Gasteiger partial charge in [-0.3, -0.25) is 14.9 Å². The van der Waals surface area contributed by atoms with Crippen LogP contribution in [0.2, 0.25) is 0 Å². The average molecular weight is 379 g/mol. The number of urea groups is 1. The zero-order valence-corrected chi connectivity index (χ0v) is 15.5.